The van der Waals surface area contributed by atoms with Gasteiger partial charge in [0, 0.05) is 25.2 Å². The molecule has 0 aliphatic carbocycles. The molecule has 0 amide bonds. The molecule has 0 radical (unpaired) electrons. The van der Waals surface area contributed by atoms with Gasteiger partial charge in [0.2, 0.25) is 5.65 Å². The molecular formula is C12H16BrN3O2. The van der Waals surface area contributed by atoms with Gasteiger partial charge in [0.05, 0.1) is 6.61 Å². The molecule has 0 aromatic carbocycles. The van der Waals surface area contributed by atoms with Gasteiger partial charge in [-0.1, -0.05) is 13.8 Å². The standard InChI is InChI=1S/C12H16BrN3O2/c1-9(2)8-17-5-6-18-12-11-14-3-4-16(11)7-10(13)15-12/h3-4,7,9H,5-6,8H2,1-2H3. The molecular weight excluding hydrogens is 298 g/mol. The fourth-order valence-electron chi connectivity index (χ4n) is 1.49. The number of rotatable bonds is 6. The second kappa shape index (κ2) is 6.15. The topological polar surface area (TPSA) is 48.7 Å². The van der Waals surface area contributed by atoms with Crippen molar-refractivity contribution in [3.8, 4) is 5.88 Å². The lowest BCUT2D eigenvalue weighted by Crippen LogP contribution is -2.11. The molecule has 2 aromatic heterocycles. The van der Waals surface area contributed by atoms with Crippen LogP contribution in [0.5, 0.6) is 5.88 Å². The van der Waals surface area contributed by atoms with E-state index in [1.165, 1.54) is 0 Å². The minimum atomic E-state index is 0.471. The summed E-state index contributed by atoms with van der Waals surface area (Å²) < 4.78 is 13.6. The predicted molar refractivity (Wildman–Crippen MR) is 71.8 cm³/mol. The summed E-state index contributed by atoms with van der Waals surface area (Å²) in [5.41, 5.74) is 0.710. The first-order valence-electron chi connectivity index (χ1n) is 5.86. The van der Waals surface area contributed by atoms with Crippen molar-refractivity contribution in [2.45, 2.75) is 13.8 Å². The molecule has 0 aliphatic rings. The highest BCUT2D eigenvalue weighted by Gasteiger charge is 2.07. The highest BCUT2D eigenvalue weighted by Crippen LogP contribution is 2.18. The number of hydrogen-bond acceptors (Lipinski definition) is 4. The van der Waals surface area contributed by atoms with E-state index in [4.69, 9.17) is 9.47 Å². The van der Waals surface area contributed by atoms with Crippen LogP contribution in [0.4, 0.5) is 0 Å². The predicted octanol–water partition coefficient (Wildman–Crippen LogP) is 2.54. The van der Waals surface area contributed by atoms with Gasteiger partial charge in [0.15, 0.2) is 0 Å². The summed E-state index contributed by atoms with van der Waals surface area (Å²) in [5.74, 6) is 1.05. The maximum atomic E-state index is 5.59. The van der Waals surface area contributed by atoms with Crippen LogP contribution >= 0.6 is 15.9 Å². The Balaban J connectivity index is 1.93. The van der Waals surface area contributed by atoms with Gasteiger partial charge in [-0.25, -0.2) is 9.97 Å². The summed E-state index contributed by atoms with van der Waals surface area (Å²) >= 11 is 3.34. The van der Waals surface area contributed by atoms with Crippen LogP contribution in [-0.4, -0.2) is 34.2 Å². The van der Waals surface area contributed by atoms with Crippen LogP contribution in [0.3, 0.4) is 0 Å². The molecule has 0 atom stereocenters. The molecule has 0 unspecified atom stereocenters. The summed E-state index contributed by atoms with van der Waals surface area (Å²) in [4.78, 5) is 8.46. The summed E-state index contributed by atoms with van der Waals surface area (Å²) in [6.45, 7) is 6.00. The molecule has 98 valence electrons. The number of imidazole rings is 1. The summed E-state index contributed by atoms with van der Waals surface area (Å²) in [6.07, 6.45) is 5.40. The first-order chi connectivity index (χ1) is 8.66. The Bertz CT molecular complexity index is 513. The van der Waals surface area contributed by atoms with Crippen LogP contribution in [-0.2, 0) is 4.74 Å². The van der Waals surface area contributed by atoms with Crippen LogP contribution in [0.1, 0.15) is 13.8 Å². The van der Waals surface area contributed by atoms with E-state index < -0.39 is 0 Å². The summed E-state index contributed by atoms with van der Waals surface area (Å²) in [5, 5.41) is 0. The third kappa shape index (κ3) is 3.43. The second-order valence-corrected chi connectivity index (χ2v) is 5.16. The fraction of sp³-hybridized carbons (Fsp3) is 0.500. The second-order valence-electron chi connectivity index (χ2n) is 4.34. The summed E-state index contributed by atoms with van der Waals surface area (Å²) in [7, 11) is 0. The molecule has 0 N–H and O–H groups in total. The average molecular weight is 314 g/mol. The molecule has 5 nitrogen and oxygen atoms in total. The van der Waals surface area contributed by atoms with Crippen LogP contribution in [0.2, 0.25) is 0 Å². The van der Waals surface area contributed by atoms with E-state index in [0.717, 1.165) is 6.61 Å². The van der Waals surface area contributed by atoms with Crippen molar-refractivity contribution in [2.75, 3.05) is 19.8 Å². The van der Waals surface area contributed by atoms with E-state index >= 15 is 0 Å². The van der Waals surface area contributed by atoms with Gasteiger partial charge >= 0.3 is 0 Å². The third-order valence-corrected chi connectivity index (χ3v) is 2.61. The Labute approximate surface area is 114 Å². The number of fused-ring (bicyclic) bond motifs is 1. The molecule has 0 bridgehead atoms. The van der Waals surface area contributed by atoms with Gasteiger partial charge in [0.1, 0.15) is 11.2 Å². The molecule has 0 aliphatic heterocycles. The molecule has 2 aromatic rings. The van der Waals surface area contributed by atoms with Crippen molar-refractivity contribution in [1.29, 1.82) is 0 Å². The molecule has 0 saturated carbocycles. The van der Waals surface area contributed by atoms with E-state index in [1.807, 2.05) is 16.8 Å². The molecule has 2 rings (SSSR count). The Kier molecular flexibility index (Phi) is 4.54. The highest BCUT2D eigenvalue weighted by atomic mass is 79.9. The Morgan fingerprint density at radius 1 is 1.39 bits per heavy atom. The molecule has 6 heteroatoms. The Morgan fingerprint density at radius 2 is 2.22 bits per heavy atom. The van der Waals surface area contributed by atoms with Crippen molar-refractivity contribution >= 4 is 21.6 Å². The zero-order valence-electron chi connectivity index (χ0n) is 10.5. The largest absolute Gasteiger partial charge is 0.473 e. The van der Waals surface area contributed by atoms with E-state index in [1.54, 1.807) is 6.20 Å². The van der Waals surface area contributed by atoms with Gasteiger partial charge in [-0.2, -0.15) is 0 Å². The van der Waals surface area contributed by atoms with Crippen molar-refractivity contribution < 1.29 is 9.47 Å². The lowest BCUT2D eigenvalue weighted by atomic mass is 10.2. The minimum absolute atomic E-state index is 0.471. The fourth-order valence-corrected chi connectivity index (χ4v) is 1.87. The Hall–Kier alpha value is -1.14. The number of nitrogens with zero attached hydrogens (tertiary/aromatic N) is 3. The normalized spacial score (nSPS) is 11.3. The number of aromatic nitrogens is 3. The molecule has 18 heavy (non-hydrogen) atoms. The zero-order chi connectivity index (χ0) is 13.0. The van der Waals surface area contributed by atoms with Crippen LogP contribution in [0.15, 0.2) is 23.2 Å². The van der Waals surface area contributed by atoms with Crippen molar-refractivity contribution in [3.63, 3.8) is 0 Å². The van der Waals surface area contributed by atoms with E-state index in [2.05, 4.69) is 39.7 Å². The first-order valence-corrected chi connectivity index (χ1v) is 6.66. The van der Waals surface area contributed by atoms with Gasteiger partial charge in [-0.15, -0.1) is 0 Å². The molecule has 2 heterocycles. The van der Waals surface area contributed by atoms with E-state index in [9.17, 15) is 0 Å². The molecule has 0 spiro atoms. The van der Waals surface area contributed by atoms with Crippen molar-refractivity contribution in [3.05, 3.63) is 23.2 Å². The first kappa shape index (κ1) is 13.3. The van der Waals surface area contributed by atoms with Crippen LogP contribution in [0.25, 0.3) is 5.65 Å². The summed E-state index contributed by atoms with van der Waals surface area (Å²) in [6, 6.07) is 0. The van der Waals surface area contributed by atoms with Gasteiger partial charge in [0.25, 0.3) is 5.88 Å². The van der Waals surface area contributed by atoms with Gasteiger partial charge < -0.3 is 9.47 Å². The maximum Gasteiger partial charge on any atom is 0.259 e. The number of hydrogen-bond donors (Lipinski definition) is 0. The molecule has 0 fully saturated rings. The van der Waals surface area contributed by atoms with Gasteiger partial charge in [-0.3, -0.25) is 4.40 Å². The molecule has 0 saturated heterocycles. The van der Waals surface area contributed by atoms with Gasteiger partial charge in [-0.05, 0) is 21.8 Å². The zero-order valence-corrected chi connectivity index (χ0v) is 12.1. The number of halogens is 1. The van der Waals surface area contributed by atoms with Crippen molar-refractivity contribution in [2.24, 2.45) is 5.92 Å². The monoisotopic (exact) mass is 313 g/mol. The van der Waals surface area contributed by atoms with E-state index in [-0.39, 0.29) is 0 Å². The quantitative estimate of drug-likeness (QED) is 0.769. The highest BCUT2D eigenvalue weighted by molar-refractivity contribution is 9.10. The van der Waals surface area contributed by atoms with E-state index in [0.29, 0.717) is 35.3 Å². The minimum Gasteiger partial charge on any atom is -0.473 e. The maximum absolute atomic E-state index is 5.59. The smallest absolute Gasteiger partial charge is 0.259 e. The van der Waals surface area contributed by atoms with Crippen LogP contribution < -0.4 is 4.74 Å². The van der Waals surface area contributed by atoms with Crippen LogP contribution in [0, 0.1) is 5.92 Å². The SMILES string of the molecule is CC(C)COCCOc1nc(Br)cn2ccnc12. The third-order valence-electron chi connectivity index (χ3n) is 2.23. The lowest BCUT2D eigenvalue weighted by Gasteiger charge is -2.09. The lowest BCUT2D eigenvalue weighted by molar-refractivity contribution is 0.0808. The Morgan fingerprint density at radius 3 is 3.00 bits per heavy atom. The van der Waals surface area contributed by atoms with Crippen molar-refractivity contribution in [1.82, 2.24) is 14.4 Å². The average Bonchev–Trinajstić information content (AvgIpc) is 2.75. The number of ether oxygens (including phenoxy) is 2.